The zero-order chi connectivity index (χ0) is 17.4. The third kappa shape index (κ3) is 3.34. The van der Waals surface area contributed by atoms with Crippen LogP contribution < -0.4 is 5.32 Å². The largest absolute Gasteiger partial charge is 0.342 e. The van der Waals surface area contributed by atoms with Gasteiger partial charge in [-0.1, -0.05) is 6.42 Å². The molecule has 2 aromatic rings. The Hall–Kier alpha value is -2.11. The van der Waals surface area contributed by atoms with E-state index in [1.807, 2.05) is 11.8 Å². The second-order valence-corrected chi connectivity index (χ2v) is 7.41. The summed E-state index contributed by atoms with van der Waals surface area (Å²) in [6.07, 6.45) is 5.66. The predicted molar refractivity (Wildman–Crippen MR) is 94.8 cm³/mol. The lowest BCUT2D eigenvalue weighted by Crippen LogP contribution is -2.47. The molecule has 1 aromatic heterocycles. The fourth-order valence-corrected chi connectivity index (χ4v) is 4.47. The number of nitrogens with one attached hydrogen (secondary N) is 2. The number of carbonyl (C=O) groups excluding carboxylic acids is 1. The summed E-state index contributed by atoms with van der Waals surface area (Å²) in [6.45, 7) is 3.27. The normalized spacial score (nSPS) is 24.8. The summed E-state index contributed by atoms with van der Waals surface area (Å²) in [5.41, 5.74) is 1.45. The van der Waals surface area contributed by atoms with E-state index in [9.17, 15) is 9.18 Å². The minimum absolute atomic E-state index is 0.0298. The number of nitrogens with zero attached hydrogens (tertiary/aromatic N) is 2. The maximum atomic E-state index is 13.3. The molecule has 134 valence electrons. The minimum atomic E-state index is -0.275. The number of imidazole rings is 1. The molecule has 25 heavy (non-hydrogen) atoms. The molecule has 0 unspecified atom stereocenters. The first-order valence-corrected chi connectivity index (χ1v) is 9.32. The molecule has 2 aliphatic carbocycles. The zero-order valence-electron chi connectivity index (χ0n) is 14.6. The van der Waals surface area contributed by atoms with E-state index < -0.39 is 0 Å². The first-order chi connectivity index (χ1) is 12.1. The molecule has 6 heteroatoms. The minimum Gasteiger partial charge on any atom is -0.342 e. The second kappa shape index (κ2) is 6.65. The van der Waals surface area contributed by atoms with Crippen LogP contribution in [0.3, 0.4) is 0 Å². The summed E-state index contributed by atoms with van der Waals surface area (Å²) in [5.74, 6) is 2.01. The van der Waals surface area contributed by atoms with E-state index in [0.717, 1.165) is 23.7 Å². The van der Waals surface area contributed by atoms with Gasteiger partial charge >= 0.3 is 6.03 Å². The van der Waals surface area contributed by atoms with Crippen molar-refractivity contribution in [2.75, 3.05) is 13.1 Å². The number of rotatable bonds is 5. The van der Waals surface area contributed by atoms with Gasteiger partial charge in [-0.15, -0.1) is 0 Å². The van der Waals surface area contributed by atoms with Gasteiger partial charge in [-0.25, -0.2) is 14.2 Å². The lowest BCUT2D eigenvalue weighted by atomic mass is 9.95. The molecular formula is C19H25FN4O. The third-order valence-electron chi connectivity index (χ3n) is 5.83. The van der Waals surface area contributed by atoms with Gasteiger partial charge < -0.3 is 15.2 Å². The second-order valence-electron chi connectivity index (χ2n) is 7.41. The SMILES string of the molecule is CCN(CCc1nc2ccc(F)cc2[nH]1)C(=O)N[C@@H]1C[C@@H]2CC[C@H]1C2. The van der Waals surface area contributed by atoms with Crippen molar-refractivity contribution in [1.82, 2.24) is 20.2 Å². The molecule has 2 bridgehead atoms. The van der Waals surface area contributed by atoms with Crippen molar-refractivity contribution >= 4 is 17.1 Å². The molecule has 5 nitrogen and oxygen atoms in total. The van der Waals surface area contributed by atoms with Crippen molar-refractivity contribution in [3.05, 3.63) is 29.8 Å². The van der Waals surface area contributed by atoms with Gasteiger partial charge in [0.15, 0.2) is 0 Å². The van der Waals surface area contributed by atoms with Crippen molar-refractivity contribution in [2.24, 2.45) is 11.8 Å². The first-order valence-electron chi connectivity index (χ1n) is 9.32. The molecule has 2 fully saturated rings. The number of hydrogen-bond donors (Lipinski definition) is 2. The van der Waals surface area contributed by atoms with Gasteiger partial charge in [0.2, 0.25) is 0 Å². The lowest BCUT2D eigenvalue weighted by molar-refractivity contribution is 0.191. The Kier molecular flexibility index (Phi) is 4.36. The average Bonchev–Trinajstić information content (AvgIpc) is 3.29. The van der Waals surface area contributed by atoms with Gasteiger partial charge in [0.25, 0.3) is 0 Å². The van der Waals surface area contributed by atoms with Crippen LogP contribution in [0.4, 0.5) is 9.18 Å². The van der Waals surface area contributed by atoms with E-state index in [1.165, 1.54) is 31.4 Å². The summed E-state index contributed by atoms with van der Waals surface area (Å²) >= 11 is 0. The van der Waals surface area contributed by atoms with Gasteiger partial charge in [0.1, 0.15) is 11.6 Å². The van der Waals surface area contributed by atoms with Crippen LogP contribution in [0.15, 0.2) is 18.2 Å². The Morgan fingerprint density at radius 3 is 3.00 bits per heavy atom. The quantitative estimate of drug-likeness (QED) is 0.872. The maximum Gasteiger partial charge on any atom is 0.317 e. The van der Waals surface area contributed by atoms with Crippen LogP contribution in [-0.4, -0.2) is 40.0 Å². The van der Waals surface area contributed by atoms with Crippen molar-refractivity contribution in [3.8, 4) is 0 Å². The fraction of sp³-hybridized carbons (Fsp3) is 0.579. The number of aromatic nitrogens is 2. The fourth-order valence-electron chi connectivity index (χ4n) is 4.47. The highest BCUT2D eigenvalue weighted by Gasteiger charge is 2.40. The van der Waals surface area contributed by atoms with E-state index >= 15 is 0 Å². The first kappa shape index (κ1) is 16.4. The number of hydrogen-bond acceptors (Lipinski definition) is 2. The van der Waals surface area contributed by atoms with Crippen molar-refractivity contribution in [1.29, 1.82) is 0 Å². The molecule has 0 aliphatic heterocycles. The van der Waals surface area contributed by atoms with Crippen molar-refractivity contribution < 1.29 is 9.18 Å². The molecule has 3 atom stereocenters. The van der Waals surface area contributed by atoms with E-state index in [0.29, 0.717) is 37.0 Å². The number of benzene rings is 1. The maximum absolute atomic E-state index is 13.3. The summed E-state index contributed by atoms with van der Waals surface area (Å²) in [7, 11) is 0. The zero-order valence-corrected chi connectivity index (χ0v) is 14.6. The van der Waals surface area contributed by atoms with Gasteiger partial charge in [-0.3, -0.25) is 0 Å². The highest BCUT2D eigenvalue weighted by Crippen LogP contribution is 2.44. The van der Waals surface area contributed by atoms with Crippen LogP contribution in [0, 0.1) is 17.7 Å². The molecule has 2 aliphatic rings. The van der Waals surface area contributed by atoms with E-state index in [4.69, 9.17) is 0 Å². The van der Waals surface area contributed by atoms with Gasteiger partial charge in [-0.2, -0.15) is 0 Å². The lowest BCUT2D eigenvalue weighted by Gasteiger charge is -2.27. The number of halogens is 1. The highest BCUT2D eigenvalue weighted by atomic mass is 19.1. The van der Waals surface area contributed by atoms with E-state index in [2.05, 4.69) is 15.3 Å². The Labute approximate surface area is 147 Å². The van der Waals surface area contributed by atoms with Crippen LogP contribution in [-0.2, 0) is 6.42 Å². The summed E-state index contributed by atoms with van der Waals surface area (Å²) in [4.78, 5) is 22.0. The number of amides is 2. The van der Waals surface area contributed by atoms with Crippen molar-refractivity contribution in [3.63, 3.8) is 0 Å². The summed E-state index contributed by atoms with van der Waals surface area (Å²) < 4.78 is 13.3. The molecule has 0 radical (unpaired) electrons. The molecule has 4 rings (SSSR count). The Bertz CT molecular complexity index is 774. The third-order valence-corrected chi connectivity index (χ3v) is 5.83. The van der Waals surface area contributed by atoms with Crippen LogP contribution in [0.25, 0.3) is 11.0 Å². The molecule has 0 saturated heterocycles. The van der Waals surface area contributed by atoms with Crippen LogP contribution in [0.2, 0.25) is 0 Å². The smallest absolute Gasteiger partial charge is 0.317 e. The Morgan fingerprint density at radius 2 is 2.28 bits per heavy atom. The number of aromatic amines is 1. The van der Waals surface area contributed by atoms with Gasteiger partial charge in [0, 0.05) is 25.6 Å². The summed E-state index contributed by atoms with van der Waals surface area (Å²) in [5, 5.41) is 3.24. The molecule has 1 aromatic carbocycles. The molecule has 2 N–H and O–H groups in total. The van der Waals surface area contributed by atoms with Crippen LogP contribution >= 0.6 is 0 Å². The van der Waals surface area contributed by atoms with E-state index in [1.54, 1.807) is 6.07 Å². The Morgan fingerprint density at radius 1 is 1.40 bits per heavy atom. The van der Waals surface area contributed by atoms with Gasteiger partial charge in [-0.05, 0) is 56.2 Å². The number of fused-ring (bicyclic) bond motifs is 3. The van der Waals surface area contributed by atoms with Crippen LogP contribution in [0.5, 0.6) is 0 Å². The number of likely N-dealkylation sites (N-methyl/N-ethyl adjacent to an activating group) is 1. The molecule has 2 saturated carbocycles. The standard InChI is InChI=1S/C19H25FN4O/c1-2-24(19(25)23-16-10-12-3-4-13(16)9-12)8-7-18-21-15-6-5-14(20)11-17(15)22-18/h5-6,11-13,16H,2-4,7-10H2,1H3,(H,21,22)(H,23,25)/t12-,13+,16-/m1/s1. The predicted octanol–water partition coefficient (Wildman–Crippen LogP) is 3.46. The molecule has 1 heterocycles. The number of carbonyl (C=O) groups is 1. The number of H-pyrrole nitrogens is 1. The highest BCUT2D eigenvalue weighted by molar-refractivity contribution is 5.75. The monoisotopic (exact) mass is 344 g/mol. The molecule has 2 amide bonds. The molecular weight excluding hydrogens is 319 g/mol. The Balaban J connectivity index is 1.35. The topological polar surface area (TPSA) is 61.0 Å². The molecule has 0 spiro atoms. The van der Waals surface area contributed by atoms with Crippen LogP contribution in [0.1, 0.15) is 38.4 Å². The van der Waals surface area contributed by atoms with Gasteiger partial charge in [0.05, 0.1) is 11.0 Å². The van der Waals surface area contributed by atoms with E-state index in [-0.39, 0.29) is 11.8 Å². The summed E-state index contributed by atoms with van der Waals surface area (Å²) in [6, 6.07) is 4.92. The van der Waals surface area contributed by atoms with Crippen molar-refractivity contribution in [2.45, 2.75) is 45.1 Å². The average molecular weight is 344 g/mol. The number of urea groups is 1.